The van der Waals surface area contributed by atoms with Crippen molar-refractivity contribution in [3.63, 3.8) is 0 Å². The van der Waals surface area contributed by atoms with Gasteiger partial charge in [0.1, 0.15) is 0 Å². The van der Waals surface area contributed by atoms with Gasteiger partial charge in [-0.2, -0.15) is 0 Å². The van der Waals surface area contributed by atoms with Crippen molar-refractivity contribution >= 4 is 0 Å². The summed E-state index contributed by atoms with van der Waals surface area (Å²) < 4.78 is 1.21. The Hall–Kier alpha value is 0.880. The molecule has 0 spiro atoms. The maximum atomic E-state index is 4.31. The Labute approximate surface area is 289 Å². The third kappa shape index (κ3) is 37.1. The summed E-state index contributed by atoms with van der Waals surface area (Å²) in [5.74, 6) is 0. The van der Waals surface area contributed by atoms with Crippen LogP contribution in [0.4, 0.5) is 0 Å². The van der Waals surface area contributed by atoms with E-state index in [0.29, 0.717) is 0 Å². The summed E-state index contributed by atoms with van der Waals surface area (Å²) in [6.07, 6.45) is 46.6. The van der Waals surface area contributed by atoms with Gasteiger partial charge < -0.3 is 39.7 Å². The molecule has 0 aromatic heterocycles. The summed E-state index contributed by atoms with van der Waals surface area (Å²) >= 11 is 0. The predicted molar refractivity (Wildman–Crippen MR) is 183 cm³/mol. The average Bonchev–Trinajstić information content (AvgIpc) is 2.96. The van der Waals surface area contributed by atoms with Crippen LogP contribution in [0.1, 0.15) is 219 Å². The molecule has 0 atom stereocenters. The molecular weight excluding hydrogens is 644 g/mol. The zero-order chi connectivity index (χ0) is 29.2. The Kier molecular flexibility index (Phi) is 44.9. The van der Waals surface area contributed by atoms with Crippen LogP contribution in [0, 0.1) is 0 Å². The van der Waals surface area contributed by atoms with Gasteiger partial charge in [-0.1, -0.05) is 194 Å². The van der Waals surface area contributed by atoms with Crippen molar-refractivity contribution in [2.75, 3.05) is 26.8 Å². The van der Waals surface area contributed by atoms with E-state index in [0.717, 1.165) is 6.67 Å². The summed E-state index contributed by atoms with van der Waals surface area (Å²) in [5, 5.41) is 0. The normalized spacial score (nSPS) is 11.4. The van der Waals surface area contributed by atoms with E-state index >= 15 is 0 Å². The fourth-order valence-corrected chi connectivity index (χ4v) is 6.42. The molecule has 0 unspecified atom stereocenters. The van der Waals surface area contributed by atoms with Gasteiger partial charge in [0.2, 0.25) is 6.67 Å². The van der Waals surface area contributed by atoms with Crippen LogP contribution in [-0.2, 0) is 0 Å². The zero-order valence-electron chi connectivity index (χ0n) is 29.7. The van der Waals surface area contributed by atoms with E-state index in [9.17, 15) is 0 Å². The lowest BCUT2D eigenvalue weighted by atomic mass is 10.0. The van der Waals surface area contributed by atoms with Crippen molar-refractivity contribution in [2.24, 2.45) is 0 Å². The van der Waals surface area contributed by atoms with Crippen molar-refractivity contribution in [1.82, 2.24) is 0 Å². The van der Waals surface area contributed by atoms with Gasteiger partial charge in [0, 0.05) is 0 Å². The highest BCUT2D eigenvalue weighted by Crippen LogP contribution is 2.16. The largest absolute Gasteiger partial charge is 1.00 e. The Balaban J connectivity index is -0.00000760. The number of unbranched alkanes of at least 4 members (excludes halogenated alkanes) is 30. The molecule has 0 heterocycles. The van der Waals surface area contributed by atoms with E-state index in [1.165, 1.54) is 223 Å². The maximum absolute atomic E-state index is 4.31. The number of nitrogens with zero attached hydrogens (tertiary/aromatic N) is 1. The molecule has 0 saturated heterocycles. The van der Waals surface area contributed by atoms with Crippen LogP contribution in [-0.4, -0.2) is 31.3 Å². The molecule has 42 heavy (non-hydrogen) atoms. The Bertz CT molecular complexity index is 424. The first-order chi connectivity index (χ1) is 19.7. The lowest BCUT2D eigenvalue weighted by Crippen LogP contribution is -3.00. The van der Waals surface area contributed by atoms with Gasteiger partial charge in [-0.05, 0) is 25.7 Å². The highest BCUT2D eigenvalue weighted by atomic mass is 79.9. The smallest absolute Gasteiger partial charge is 0.202 e. The van der Waals surface area contributed by atoms with Gasteiger partial charge in [0.05, 0.1) is 20.1 Å². The first kappa shape index (κ1) is 47.3. The summed E-state index contributed by atoms with van der Waals surface area (Å²) in [6, 6.07) is 0. The first-order valence-electron chi connectivity index (χ1n) is 19.3. The fourth-order valence-electron chi connectivity index (χ4n) is 6.42. The van der Waals surface area contributed by atoms with Crippen LogP contribution in [0.5, 0.6) is 0 Å². The molecule has 0 fully saturated rings. The first-order valence-corrected chi connectivity index (χ1v) is 19.3. The standard InChI is InChI=1S/C38H81N2.2BrH/c1-4-6-8-10-12-14-16-18-20-22-24-26-28-30-32-34-36-40(3,38-39)37-35-33-31-29-27-25-23-21-19-17-15-13-11-9-7-5-2;;/h4-39H2,1-3H3;2*1H/q+1;;/p-1. The van der Waals surface area contributed by atoms with Crippen molar-refractivity contribution in [3.8, 4) is 0 Å². The highest BCUT2D eigenvalue weighted by molar-refractivity contribution is 4.52. The SMILES string of the molecule is CCCCCCCCCCCCCCCCCC[N+](C)(C[NH3+])CCCCCCCCCCCCCCCCCC.[Br-].[Br-]. The number of halogens is 2. The van der Waals surface area contributed by atoms with Crippen LogP contribution in [0.25, 0.3) is 0 Å². The molecule has 3 N–H and O–H groups in total. The van der Waals surface area contributed by atoms with E-state index < -0.39 is 0 Å². The number of hydrogen-bond donors (Lipinski definition) is 1. The van der Waals surface area contributed by atoms with Gasteiger partial charge >= 0.3 is 0 Å². The molecule has 0 aromatic carbocycles. The van der Waals surface area contributed by atoms with Gasteiger partial charge in [0.15, 0.2) is 0 Å². The molecule has 0 saturated carbocycles. The van der Waals surface area contributed by atoms with Crippen LogP contribution in [0.3, 0.4) is 0 Å². The van der Waals surface area contributed by atoms with Crippen LogP contribution in [0.2, 0.25) is 0 Å². The predicted octanol–water partition coefficient (Wildman–Crippen LogP) is 6.16. The van der Waals surface area contributed by atoms with E-state index in [2.05, 4.69) is 26.6 Å². The van der Waals surface area contributed by atoms with Crippen molar-refractivity contribution in [2.45, 2.75) is 219 Å². The quantitative estimate of drug-likeness (QED) is 0.0461. The molecular formula is C38H82Br2N2. The molecule has 0 bridgehead atoms. The molecule has 4 heteroatoms. The molecule has 2 nitrogen and oxygen atoms in total. The fraction of sp³-hybridized carbons (Fsp3) is 1.00. The topological polar surface area (TPSA) is 27.6 Å². The summed E-state index contributed by atoms with van der Waals surface area (Å²) in [7, 11) is 2.46. The summed E-state index contributed by atoms with van der Waals surface area (Å²) in [6.45, 7) is 8.38. The lowest BCUT2D eigenvalue weighted by molar-refractivity contribution is -0.967. The molecule has 258 valence electrons. The van der Waals surface area contributed by atoms with Crippen molar-refractivity contribution < 1.29 is 44.2 Å². The van der Waals surface area contributed by atoms with Crippen LogP contribution in [0.15, 0.2) is 0 Å². The minimum absolute atomic E-state index is 0. The average molecular weight is 727 g/mol. The highest BCUT2D eigenvalue weighted by Gasteiger charge is 2.20. The molecule has 0 aliphatic carbocycles. The molecule has 0 radical (unpaired) electrons. The van der Waals surface area contributed by atoms with E-state index in [1.807, 2.05) is 0 Å². The molecule has 0 rings (SSSR count). The Morgan fingerprint density at radius 2 is 0.476 bits per heavy atom. The molecule has 0 aliphatic heterocycles. The monoisotopic (exact) mass is 724 g/mol. The Morgan fingerprint density at radius 1 is 0.310 bits per heavy atom. The molecule has 0 aromatic rings. The van der Waals surface area contributed by atoms with Gasteiger partial charge in [0.25, 0.3) is 0 Å². The Morgan fingerprint density at radius 3 is 0.643 bits per heavy atom. The van der Waals surface area contributed by atoms with Crippen molar-refractivity contribution in [1.29, 1.82) is 0 Å². The molecule has 0 aliphatic rings. The number of hydrogen-bond acceptors (Lipinski definition) is 0. The third-order valence-corrected chi connectivity index (χ3v) is 9.64. The minimum Gasteiger partial charge on any atom is -1.00 e. The zero-order valence-corrected chi connectivity index (χ0v) is 32.8. The second-order valence-electron chi connectivity index (χ2n) is 13.9. The van der Waals surface area contributed by atoms with Crippen LogP contribution < -0.4 is 39.7 Å². The number of rotatable bonds is 35. The van der Waals surface area contributed by atoms with Gasteiger partial charge in [-0.15, -0.1) is 0 Å². The van der Waals surface area contributed by atoms with Gasteiger partial charge in [-0.25, -0.2) is 0 Å². The second kappa shape index (κ2) is 39.9. The van der Waals surface area contributed by atoms with E-state index in [4.69, 9.17) is 0 Å². The van der Waals surface area contributed by atoms with Gasteiger partial charge in [-0.3, -0.25) is 4.48 Å². The molecule has 0 amide bonds. The maximum Gasteiger partial charge on any atom is 0.202 e. The van der Waals surface area contributed by atoms with E-state index in [1.54, 1.807) is 0 Å². The van der Waals surface area contributed by atoms with Crippen molar-refractivity contribution in [3.05, 3.63) is 0 Å². The third-order valence-electron chi connectivity index (χ3n) is 9.64. The lowest BCUT2D eigenvalue weighted by Gasteiger charge is -2.31. The summed E-state index contributed by atoms with van der Waals surface area (Å²) in [5.41, 5.74) is 4.31. The summed E-state index contributed by atoms with van der Waals surface area (Å²) in [4.78, 5) is 0. The van der Waals surface area contributed by atoms with E-state index in [-0.39, 0.29) is 34.0 Å². The number of quaternary nitrogens is 2. The van der Waals surface area contributed by atoms with Crippen LogP contribution >= 0.6 is 0 Å². The minimum atomic E-state index is 0. The second-order valence-corrected chi connectivity index (χ2v) is 13.9.